The first kappa shape index (κ1) is 15.5. The van der Waals surface area contributed by atoms with Crippen molar-refractivity contribution in [2.24, 2.45) is 11.3 Å². The molecular weight excluding hydrogens is 222 g/mol. The summed E-state index contributed by atoms with van der Waals surface area (Å²) < 4.78 is 5.02. The van der Waals surface area contributed by atoms with E-state index in [1.807, 2.05) is 6.07 Å². The van der Waals surface area contributed by atoms with Crippen LogP contribution in [0.3, 0.4) is 0 Å². The van der Waals surface area contributed by atoms with Gasteiger partial charge < -0.3 is 9.73 Å². The average molecular weight is 246 g/mol. The molecule has 0 unspecified atom stereocenters. The zero-order chi connectivity index (χ0) is 11.3. The summed E-state index contributed by atoms with van der Waals surface area (Å²) in [6.45, 7) is 11.1. The van der Waals surface area contributed by atoms with Crippen LogP contribution >= 0.6 is 12.4 Å². The predicted molar refractivity (Wildman–Crippen MR) is 70.9 cm³/mol. The van der Waals surface area contributed by atoms with Crippen LogP contribution in [0.15, 0.2) is 23.0 Å². The van der Waals surface area contributed by atoms with Gasteiger partial charge >= 0.3 is 0 Å². The number of furan rings is 1. The molecule has 0 bridgehead atoms. The second kappa shape index (κ2) is 6.97. The van der Waals surface area contributed by atoms with Gasteiger partial charge in [-0.1, -0.05) is 27.7 Å². The molecule has 0 amide bonds. The SMILES string of the molecule is CC(C)CC(C)(C)CNCc1ccoc1.Cl. The smallest absolute Gasteiger partial charge is 0.0947 e. The zero-order valence-corrected chi connectivity index (χ0v) is 11.6. The Balaban J connectivity index is 0.00000225. The molecule has 0 aliphatic heterocycles. The fraction of sp³-hybridized carbons (Fsp3) is 0.692. The molecule has 0 aromatic carbocycles. The maximum absolute atomic E-state index is 5.02. The third kappa shape index (κ3) is 6.19. The molecule has 1 aromatic rings. The molecule has 0 saturated heterocycles. The van der Waals surface area contributed by atoms with Gasteiger partial charge in [0.05, 0.1) is 12.5 Å². The van der Waals surface area contributed by atoms with Crippen molar-refractivity contribution in [3.8, 4) is 0 Å². The van der Waals surface area contributed by atoms with Crippen molar-refractivity contribution in [3.63, 3.8) is 0 Å². The van der Waals surface area contributed by atoms with Crippen LogP contribution in [0.25, 0.3) is 0 Å². The van der Waals surface area contributed by atoms with Crippen LogP contribution in [0.2, 0.25) is 0 Å². The molecule has 0 aliphatic carbocycles. The molecule has 16 heavy (non-hydrogen) atoms. The number of nitrogens with one attached hydrogen (secondary N) is 1. The van der Waals surface area contributed by atoms with E-state index in [4.69, 9.17) is 4.42 Å². The van der Waals surface area contributed by atoms with Crippen molar-refractivity contribution >= 4 is 12.4 Å². The maximum Gasteiger partial charge on any atom is 0.0947 e. The molecule has 1 N–H and O–H groups in total. The van der Waals surface area contributed by atoms with Crippen molar-refractivity contribution in [3.05, 3.63) is 24.2 Å². The Morgan fingerprint density at radius 3 is 2.56 bits per heavy atom. The number of hydrogen-bond acceptors (Lipinski definition) is 2. The summed E-state index contributed by atoms with van der Waals surface area (Å²) in [7, 11) is 0. The van der Waals surface area contributed by atoms with E-state index < -0.39 is 0 Å². The van der Waals surface area contributed by atoms with Gasteiger partial charge in [0, 0.05) is 18.7 Å². The largest absolute Gasteiger partial charge is 0.472 e. The molecule has 94 valence electrons. The van der Waals surface area contributed by atoms with Gasteiger partial charge in [-0.15, -0.1) is 12.4 Å². The Morgan fingerprint density at radius 2 is 2.06 bits per heavy atom. The van der Waals surface area contributed by atoms with E-state index >= 15 is 0 Å². The lowest BCUT2D eigenvalue weighted by atomic mass is 9.84. The van der Waals surface area contributed by atoms with E-state index in [1.54, 1.807) is 12.5 Å². The second-order valence-corrected chi connectivity index (χ2v) is 5.50. The van der Waals surface area contributed by atoms with Crippen molar-refractivity contribution < 1.29 is 4.42 Å². The standard InChI is InChI=1S/C13H23NO.ClH/c1-11(2)7-13(3,4)10-14-8-12-5-6-15-9-12;/h5-6,9,11,14H,7-8,10H2,1-4H3;1H. The van der Waals surface area contributed by atoms with Crippen LogP contribution in [-0.4, -0.2) is 6.54 Å². The van der Waals surface area contributed by atoms with E-state index in [9.17, 15) is 0 Å². The van der Waals surface area contributed by atoms with Crippen LogP contribution in [0, 0.1) is 11.3 Å². The molecule has 1 rings (SSSR count). The molecule has 0 spiro atoms. The fourth-order valence-corrected chi connectivity index (χ4v) is 2.12. The Hall–Kier alpha value is -0.470. The molecule has 1 aromatic heterocycles. The molecule has 3 heteroatoms. The Morgan fingerprint density at radius 1 is 1.38 bits per heavy atom. The van der Waals surface area contributed by atoms with E-state index in [2.05, 4.69) is 33.0 Å². The summed E-state index contributed by atoms with van der Waals surface area (Å²) in [4.78, 5) is 0. The molecule has 0 saturated carbocycles. The van der Waals surface area contributed by atoms with Crippen LogP contribution in [0.4, 0.5) is 0 Å². The van der Waals surface area contributed by atoms with Crippen LogP contribution in [-0.2, 0) is 6.54 Å². The molecule has 0 fully saturated rings. The highest BCUT2D eigenvalue weighted by molar-refractivity contribution is 5.85. The van der Waals surface area contributed by atoms with Gasteiger partial charge in [-0.2, -0.15) is 0 Å². The Kier molecular flexibility index (Phi) is 6.77. The third-order valence-electron chi connectivity index (χ3n) is 2.47. The second-order valence-electron chi connectivity index (χ2n) is 5.50. The number of hydrogen-bond donors (Lipinski definition) is 1. The highest BCUT2D eigenvalue weighted by Gasteiger charge is 2.18. The van der Waals surface area contributed by atoms with Gasteiger partial charge in [0.25, 0.3) is 0 Å². The van der Waals surface area contributed by atoms with Crippen molar-refractivity contribution in [1.29, 1.82) is 0 Å². The van der Waals surface area contributed by atoms with Gasteiger partial charge in [0.1, 0.15) is 0 Å². The number of rotatable bonds is 6. The minimum absolute atomic E-state index is 0. The molecule has 0 radical (unpaired) electrons. The quantitative estimate of drug-likeness (QED) is 0.823. The summed E-state index contributed by atoms with van der Waals surface area (Å²) in [5.41, 5.74) is 1.59. The van der Waals surface area contributed by atoms with Gasteiger partial charge in [-0.3, -0.25) is 0 Å². The third-order valence-corrected chi connectivity index (χ3v) is 2.47. The van der Waals surface area contributed by atoms with Crippen LogP contribution in [0.5, 0.6) is 0 Å². The molecule has 2 nitrogen and oxygen atoms in total. The lowest BCUT2D eigenvalue weighted by Gasteiger charge is -2.27. The minimum Gasteiger partial charge on any atom is -0.472 e. The van der Waals surface area contributed by atoms with Gasteiger partial charge in [0.2, 0.25) is 0 Å². The van der Waals surface area contributed by atoms with Crippen LogP contribution < -0.4 is 5.32 Å². The van der Waals surface area contributed by atoms with E-state index in [1.165, 1.54) is 12.0 Å². The highest BCUT2D eigenvalue weighted by Crippen LogP contribution is 2.24. The zero-order valence-electron chi connectivity index (χ0n) is 10.7. The Labute approximate surface area is 105 Å². The van der Waals surface area contributed by atoms with E-state index in [-0.39, 0.29) is 12.4 Å². The van der Waals surface area contributed by atoms with Crippen molar-refractivity contribution in [2.45, 2.75) is 40.7 Å². The molecule has 1 heterocycles. The normalized spacial score (nSPS) is 11.6. The maximum atomic E-state index is 5.02. The first-order valence-electron chi connectivity index (χ1n) is 5.71. The molecular formula is C13H24ClNO. The summed E-state index contributed by atoms with van der Waals surface area (Å²) in [6.07, 6.45) is 4.77. The first-order chi connectivity index (χ1) is 6.99. The van der Waals surface area contributed by atoms with E-state index in [0.717, 1.165) is 19.0 Å². The average Bonchev–Trinajstić information content (AvgIpc) is 2.53. The van der Waals surface area contributed by atoms with Gasteiger partial charge in [-0.25, -0.2) is 0 Å². The van der Waals surface area contributed by atoms with Crippen molar-refractivity contribution in [2.75, 3.05) is 6.54 Å². The van der Waals surface area contributed by atoms with Gasteiger partial charge in [-0.05, 0) is 23.8 Å². The van der Waals surface area contributed by atoms with E-state index in [0.29, 0.717) is 5.41 Å². The summed E-state index contributed by atoms with van der Waals surface area (Å²) in [5, 5.41) is 3.47. The minimum atomic E-state index is 0. The summed E-state index contributed by atoms with van der Waals surface area (Å²) in [5.74, 6) is 0.760. The summed E-state index contributed by atoms with van der Waals surface area (Å²) >= 11 is 0. The molecule has 0 aliphatic rings. The monoisotopic (exact) mass is 245 g/mol. The van der Waals surface area contributed by atoms with Gasteiger partial charge in [0.15, 0.2) is 0 Å². The highest BCUT2D eigenvalue weighted by atomic mass is 35.5. The summed E-state index contributed by atoms with van der Waals surface area (Å²) in [6, 6.07) is 2.00. The van der Waals surface area contributed by atoms with Crippen LogP contribution in [0.1, 0.15) is 39.7 Å². The Bertz CT molecular complexity index is 267. The number of halogens is 1. The molecule has 0 atom stereocenters. The first-order valence-corrected chi connectivity index (χ1v) is 5.71. The lowest BCUT2D eigenvalue weighted by molar-refractivity contribution is 0.273. The predicted octanol–water partition coefficient (Wildman–Crippen LogP) is 3.86. The topological polar surface area (TPSA) is 25.2 Å². The van der Waals surface area contributed by atoms with Crippen molar-refractivity contribution in [1.82, 2.24) is 5.32 Å². The fourth-order valence-electron chi connectivity index (χ4n) is 2.12. The lowest BCUT2D eigenvalue weighted by Crippen LogP contribution is -2.30.